The van der Waals surface area contributed by atoms with E-state index in [1.807, 2.05) is 13.8 Å². The molecule has 194 valence electrons. The summed E-state index contributed by atoms with van der Waals surface area (Å²) < 4.78 is 19.2. The number of alkyl carbamates (subject to hydrolysis) is 1. The minimum absolute atomic E-state index is 0.126. The Bertz CT molecular complexity index is 1320. The highest BCUT2D eigenvalue weighted by Gasteiger charge is 2.37. The maximum Gasteiger partial charge on any atom is 0.407 e. The van der Waals surface area contributed by atoms with Gasteiger partial charge in [0.05, 0.1) is 35.5 Å². The van der Waals surface area contributed by atoms with Crippen molar-refractivity contribution in [2.75, 3.05) is 13.7 Å². The van der Waals surface area contributed by atoms with Crippen LogP contribution in [0.5, 0.6) is 0 Å². The molecule has 2 atom stereocenters. The van der Waals surface area contributed by atoms with Crippen LogP contribution in [0.3, 0.4) is 0 Å². The summed E-state index contributed by atoms with van der Waals surface area (Å²) in [6.45, 7) is 4.20. The molecule has 1 fully saturated rings. The van der Waals surface area contributed by atoms with E-state index in [2.05, 4.69) is 20.0 Å². The number of hydrogen-bond acceptors (Lipinski definition) is 6. The van der Waals surface area contributed by atoms with Gasteiger partial charge in [0.15, 0.2) is 0 Å². The van der Waals surface area contributed by atoms with E-state index < -0.39 is 22.9 Å². The van der Waals surface area contributed by atoms with E-state index in [9.17, 15) is 24.1 Å². The van der Waals surface area contributed by atoms with E-state index >= 15 is 0 Å². The second-order valence-electron chi connectivity index (χ2n) is 9.20. The van der Waals surface area contributed by atoms with Gasteiger partial charge in [-0.2, -0.15) is 0 Å². The molecule has 11 heteroatoms. The van der Waals surface area contributed by atoms with Crippen molar-refractivity contribution in [3.05, 3.63) is 70.4 Å². The van der Waals surface area contributed by atoms with Gasteiger partial charge in [0, 0.05) is 23.7 Å². The van der Waals surface area contributed by atoms with Gasteiger partial charge in [0.25, 0.3) is 5.69 Å². The Hall–Kier alpha value is -4.28. The third-order valence-corrected chi connectivity index (χ3v) is 6.51. The first-order valence-electron chi connectivity index (χ1n) is 11.9. The number of ether oxygens (including phenoxy) is 1. The van der Waals surface area contributed by atoms with E-state index in [4.69, 9.17) is 0 Å². The smallest absolute Gasteiger partial charge is 0.407 e. The van der Waals surface area contributed by atoms with Gasteiger partial charge in [-0.15, -0.1) is 0 Å². The predicted octanol–water partition coefficient (Wildman–Crippen LogP) is 4.84. The molecule has 2 heterocycles. The number of carbonyl (C=O) groups is 2. The third-order valence-electron chi connectivity index (χ3n) is 6.51. The molecule has 0 bridgehead atoms. The fourth-order valence-corrected chi connectivity index (χ4v) is 4.60. The fraction of sp³-hybridized carbons (Fsp3) is 0.346. The number of amides is 2. The minimum atomic E-state index is -0.750. The number of nitrogens with one attached hydrogen (secondary N) is 2. The summed E-state index contributed by atoms with van der Waals surface area (Å²) in [5.74, 6) is -0.379. The average molecular weight is 510 g/mol. The maximum atomic E-state index is 14.5. The molecular weight excluding hydrogens is 481 g/mol. The molecule has 1 saturated heterocycles. The van der Waals surface area contributed by atoms with Gasteiger partial charge >= 0.3 is 6.09 Å². The van der Waals surface area contributed by atoms with Gasteiger partial charge in [-0.3, -0.25) is 14.9 Å². The van der Waals surface area contributed by atoms with Crippen molar-refractivity contribution in [1.29, 1.82) is 0 Å². The number of H-pyrrole nitrogens is 1. The molecule has 3 aromatic rings. The van der Waals surface area contributed by atoms with Crippen LogP contribution >= 0.6 is 0 Å². The van der Waals surface area contributed by atoms with Gasteiger partial charge < -0.3 is 19.9 Å². The van der Waals surface area contributed by atoms with E-state index in [1.54, 1.807) is 29.3 Å². The number of nitro benzene ring substituents is 1. The van der Waals surface area contributed by atoms with Crippen molar-refractivity contribution in [3.63, 3.8) is 0 Å². The van der Waals surface area contributed by atoms with Crippen molar-refractivity contribution in [1.82, 2.24) is 20.2 Å². The van der Waals surface area contributed by atoms with Gasteiger partial charge in [0.1, 0.15) is 17.7 Å². The number of hydrogen-bond donors (Lipinski definition) is 2. The maximum absolute atomic E-state index is 14.5. The molecule has 0 unspecified atom stereocenters. The van der Waals surface area contributed by atoms with Crippen LogP contribution in [-0.4, -0.2) is 51.5 Å². The number of halogens is 1. The Morgan fingerprint density at radius 3 is 2.68 bits per heavy atom. The summed E-state index contributed by atoms with van der Waals surface area (Å²) in [7, 11) is 1.25. The normalized spacial score (nSPS) is 16.0. The van der Waals surface area contributed by atoms with Crippen LogP contribution in [0.25, 0.3) is 22.4 Å². The Morgan fingerprint density at radius 2 is 2.00 bits per heavy atom. The monoisotopic (exact) mass is 509 g/mol. The average Bonchev–Trinajstić information content (AvgIpc) is 3.56. The zero-order valence-corrected chi connectivity index (χ0v) is 20.7. The SMILES string of the molecule is COC(=O)N[C@H](C(=O)N1CCC[C@H]1c1ncc(-c2ccc([N+](=O)[O-])c(-c3ccccc3F)c2)[nH]1)C(C)C. The topological polar surface area (TPSA) is 130 Å². The number of aromatic amines is 1. The molecule has 1 aliphatic heterocycles. The molecule has 10 nitrogen and oxygen atoms in total. The Kier molecular flexibility index (Phi) is 7.51. The number of aromatic nitrogens is 2. The van der Waals surface area contributed by atoms with Gasteiger partial charge in [-0.1, -0.05) is 32.0 Å². The molecule has 2 aromatic carbocycles. The van der Waals surface area contributed by atoms with Gasteiger partial charge in [-0.05, 0) is 37.0 Å². The summed E-state index contributed by atoms with van der Waals surface area (Å²) in [5.41, 5.74) is 1.24. The van der Waals surface area contributed by atoms with Crippen LogP contribution in [-0.2, 0) is 9.53 Å². The van der Waals surface area contributed by atoms with Crippen LogP contribution in [0.4, 0.5) is 14.9 Å². The minimum Gasteiger partial charge on any atom is -0.453 e. The molecule has 2 N–H and O–H groups in total. The zero-order chi connectivity index (χ0) is 26.7. The number of carbonyl (C=O) groups excluding carboxylic acids is 2. The standard InChI is InChI=1S/C26H28FN5O5/c1-15(2)23(30-26(34)37-3)25(33)31-12-6-9-22(31)24-28-14-20(29-24)16-10-11-21(32(35)36)18(13-16)17-7-4-5-8-19(17)27/h4-5,7-8,10-11,13-15,22-23H,6,9,12H2,1-3H3,(H,28,29)(H,30,34)/t22-,23-/m0/s1. The molecule has 0 spiro atoms. The summed E-state index contributed by atoms with van der Waals surface area (Å²) in [4.78, 5) is 45.6. The zero-order valence-electron chi connectivity index (χ0n) is 20.7. The summed E-state index contributed by atoms with van der Waals surface area (Å²) in [6, 6.07) is 9.29. The summed E-state index contributed by atoms with van der Waals surface area (Å²) in [6.07, 6.45) is 2.37. The van der Waals surface area contributed by atoms with E-state index in [-0.39, 0.29) is 34.7 Å². The molecule has 0 radical (unpaired) electrons. The lowest BCUT2D eigenvalue weighted by Crippen LogP contribution is -2.51. The molecule has 0 saturated carbocycles. The molecule has 1 aliphatic rings. The Labute approximate surface area is 213 Å². The van der Waals surface area contributed by atoms with Crippen LogP contribution in [0.2, 0.25) is 0 Å². The molecule has 4 rings (SSSR count). The molecule has 2 amide bonds. The van der Waals surface area contributed by atoms with Crippen molar-refractivity contribution in [2.45, 2.75) is 38.8 Å². The third kappa shape index (κ3) is 5.30. The first-order valence-corrected chi connectivity index (χ1v) is 11.9. The quantitative estimate of drug-likeness (QED) is 0.346. The first-order chi connectivity index (χ1) is 17.7. The van der Waals surface area contributed by atoms with Crippen LogP contribution < -0.4 is 5.32 Å². The van der Waals surface area contributed by atoms with Crippen LogP contribution in [0, 0.1) is 21.8 Å². The highest BCUT2D eigenvalue weighted by Crippen LogP contribution is 2.36. The van der Waals surface area contributed by atoms with E-state index in [0.717, 1.165) is 6.42 Å². The number of imidazole rings is 1. The highest BCUT2D eigenvalue weighted by atomic mass is 19.1. The predicted molar refractivity (Wildman–Crippen MR) is 134 cm³/mol. The first kappa shape index (κ1) is 25.8. The van der Waals surface area contributed by atoms with Crippen LogP contribution in [0.1, 0.15) is 38.6 Å². The summed E-state index contributed by atoms with van der Waals surface area (Å²) >= 11 is 0. The number of likely N-dealkylation sites (tertiary alicyclic amines) is 1. The largest absolute Gasteiger partial charge is 0.453 e. The van der Waals surface area contributed by atoms with Crippen molar-refractivity contribution < 1.29 is 23.6 Å². The number of nitro groups is 1. The second-order valence-corrected chi connectivity index (χ2v) is 9.20. The Morgan fingerprint density at radius 1 is 1.24 bits per heavy atom. The van der Waals surface area contributed by atoms with Crippen LogP contribution in [0.15, 0.2) is 48.7 Å². The van der Waals surface area contributed by atoms with Gasteiger partial charge in [-0.25, -0.2) is 14.2 Å². The second kappa shape index (κ2) is 10.8. The Balaban J connectivity index is 1.64. The van der Waals surface area contributed by atoms with E-state index in [0.29, 0.717) is 30.0 Å². The number of benzene rings is 2. The van der Waals surface area contributed by atoms with Crippen molar-refractivity contribution in [2.24, 2.45) is 5.92 Å². The van der Waals surface area contributed by atoms with Gasteiger partial charge in [0.2, 0.25) is 5.91 Å². The van der Waals surface area contributed by atoms with E-state index in [1.165, 1.54) is 31.4 Å². The lowest BCUT2D eigenvalue weighted by molar-refractivity contribution is -0.384. The lowest BCUT2D eigenvalue weighted by atomic mass is 9.99. The molecule has 1 aromatic heterocycles. The van der Waals surface area contributed by atoms with Crippen molar-refractivity contribution in [3.8, 4) is 22.4 Å². The highest BCUT2D eigenvalue weighted by molar-refractivity contribution is 5.86. The van der Waals surface area contributed by atoms with Crippen molar-refractivity contribution >= 4 is 17.7 Å². The molecular formula is C26H28FN5O5. The molecule has 0 aliphatic carbocycles. The lowest BCUT2D eigenvalue weighted by Gasteiger charge is -2.30. The molecule has 37 heavy (non-hydrogen) atoms. The number of nitrogens with zero attached hydrogens (tertiary/aromatic N) is 3. The number of rotatable bonds is 7. The number of methoxy groups -OCH3 is 1. The summed E-state index contributed by atoms with van der Waals surface area (Å²) in [5, 5.41) is 14.2. The fourth-order valence-electron chi connectivity index (χ4n) is 4.60.